The molecule has 0 unspecified atom stereocenters. The highest BCUT2D eigenvalue weighted by Gasteiger charge is 2.13. The van der Waals surface area contributed by atoms with Crippen molar-refractivity contribution < 1.29 is 18.8 Å². The molecule has 0 aliphatic carbocycles. The first-order valence-electron chi connectivity index (χ1n) is 5.21. The molecule has 6 nitrogen and oxygen atoms in total. The molecule has 0 aliphatic rings. The van der Waals surface area contributed by atoms with Crippen molar-refractivity contribution >= 4 is 17.1 Å². The van der Waals surface area contributed by atoms with E-state index in [9.17, 15) is 4.79 Å². The summed E-state index contributed by atoms with van der Waals surface area (Å²) in [5, 5.41) is 12.2. The molecule has 1 aromatic carbocycles. The second-order valence-corrected chi connectivity index (χ2v) is 3.80. The third-order valence-electron chi connectivity index (χ3n) is 2.51. The largest absolute Gasteiger partial charge is 0.476 e. The van der Waals surface area contributed by atoms with Crippen molar-refractivity contribution in [2.75, 3.05) is 0 Å². The smallest absolute Gasteiger partial charge is 0.358 e. The zero-order valence-corrected chi connectivity index (χ0v) is 9.38. The van der Waals surface area contributed by atoms with Crippen molar-refractivity contribution in [3.63, 3.8) is 0 Å². The average molecular weight is 244 g/mol. The lowest BCUT2D eigenvalue weighted by atomic mass is 10.1. The van der Waals surface area contributed by atoms with E-state index in [4.69, 9.17) is 14.0 Å². The van der Waals surface area contributed by atoms with Gasteiger partial charge in [-0.05, 0) is 18.2 Å². The van der Waals surface area contributed by atoms with E-state index in [-0.39, 0.29) is 5.69 Å². The van der Waals surface area contributed by atoms with Gasteiger partial charge in [0.1, 0.15) is 5.52 Å². The van der Waals surface area contributed by atoms with Crippen molar-refractivity contribution in [3.8, 4) is 11.3 Å². The van der Waals surface area contributed by atoms with Gasteiger partial charge in [-0.25, -0.2) is 9.78 Å². The summed E-state index contributed by atoms with van der Waals surface area (Å²) < 4.78 is 10.3. The quantitative estimate of drug-likeness (QED) is 0.744. The Morgan fingerprint density at radius 2 is 2.17 bits per heavy atom. The molecule has 0 amide bonds. The monoisotopic (exact) mass is 244 g/mol. The van der Waals surface area contributed by atoms with Gasteiger partial charge in [0.15, 0.2) is 22.9 Å². The van der Waals surface area contributed by atoms with E-state index in [2.05, 4.69) is 10.1 Å². The van der Waals surface area contributed by atoms with E-state index in [1.54, 1.807) is 25.1 Å². The van der Waals surface area contributed by atoms with Gasteiger partial charge in [-0.1, -0.05) is 5.16 Å². The van der Waals surface area contributed by atoms with Gasteiger partial charge in [-0.2, -0.15) is 0 Å². The Morgan fingerprint density at radius 3 is 2.89 bits per heavy atom. The number of carboxylic acids is 1. The zero-order chi connectivity index (χ0) is 12.7. The molecule has 0 fully saturated rings. The fourth-order valence-electron chi connectivity index (χ4n) is 1.71. The molecule has 6 heteroatoms. The molecular weight excluding hydrogens is 236 g/mol. The molecule has 0 saturated carbocycles. The molecule has 90 valence electrons. The Morgan fingerprint density at radius 1 is 1.33 bits per heavy atom. The first-order valence-corrected chi connectivity index (χ1v) is 5.21. The molecule has 0 radical (unpaired) electrons. The molecule has 0 bridgehead atoms. The molecule has 2 heterocycles. The summed E-state index contributed by atoms with van der Waals surface area (Å²) in [4.78, 5) is 14.9. The van der Waals surface area contributed by atoms with E-state index in [0.717, 1.165) is 0 Å². The Balaban J connectivity index is 2.09. The summed E-state index contributed by atoms with van der Waals surface area (Å²) in [5.74, 6) is -0.163. The summed E-state index contributed by atoms with van der Waals surface area (Å²) in [6.07, 6.45) is 0. The van der Waals surface area contributed by atoms with Crippen LogP contribution in [0.5, 0.6) is 0 Å². The van der Waals surface area contributed by atoms with Crippen LogP contribution >= 0.6 is 0 Å². The molecular formula is C12H8N2O4. The van der Waals surface area contributed by atoms with Crippen LogP contribution in [0, 0.1) is 6.92 Å². The number of rotatable bonds is 2. The van der Waals surface area contributed by atoms with Crippen LogP contribution in [0.3, 0.4) is 0 Å². The van der Waals surface area contributed by atoms with Gasteiger partial charge >= 0.3 is 5.97 Å². The highest BCUT2D eigenvalue weighted by Crippen LogP contribution is 2.25. The lowest BCUT2D eigenvalue weighted by Gasteiger charge is -1.93. The molecule has 18 heavy (non-hydrogen) atoms. The minimum Gasteiger partial charge on any atom is -0.476 e. The molecule has 1 N–H and O–H groups in total. The van der Waals surface area contributed by atoms with Gasteiger partial charge in [0.05, 0.1) is 0 Å². The maximum atomic E-state index is 10.7. The number of carbonyl (C=O) groups is 1. The van der Waals surface area contributed by atoms with Crippen molar-refractivity contribution in [1.82, 2.24) is 10.1 Å². The third kappa shape index (κ3) is 1.64. The molecule has 0 atom stereocenters. The summed E-state index contributed by atoms with van der Waals surface area (Å²) in [6, 6.07) is 6.65. The van der Waals surface area contributed by atoms with Crippen LogP contribution in [0.1, 0.15) is 16.4 Å². The molecule has 3 aromatic rings. The average Bonchev–Trinajstić information content (AvgIpc) is 2.91. The second kappa shape index (κ2) is 3.69. The van der Waals surface area contributed by atoms with Crippen LogP contribution in [-0.2, 0) is 0 Å². The maximum absolute atomic E-state index is 10.7. The lowest BCUT2D eigenvalue weighted by Crippen LogP contribution is -1.94. The Hall–Kier alpha value is -2.63. The van der Waals surface area contributed by atoms with Crippen LogP contribution in [-0.4, -0.2) is 21.2 Å². The number of hydrogen-bond acceptors (Lipinski definition) is 5. The predicted molar refractivity (Wildman–Crippen MR) is 61.2 cm³/mol. The Labute approximate surface area is 101 Å². The highest BCUT2D eigenvalue weighted by molar-refractivity contribution is 5.87. The minimum atomic E-state index is -1.12. The van der Waals surface area contributed by atoms with Crippen molar-refractivity contribution in [3.05, 3.63) is 35.9 Å². The molecule has 0 saturated heterocycles. The fourth-order valence-corrected chi connectivity index (χ4v) is 1.71. The van der Waals surface area contributed by atoms with Crippen LogP contribution in [0.15, 0.2) is 33.2 Å². The van der Waals surface area contributed by atoms with Gasteiger partial charge in [-0.3, -0.25) is 0 Å². The standard InChI is InChI=1S/C12H8N2O4/c1-6-13-8-4-7(2-3-10(8)17-6)11-5-9(12(15)16)14-18-11/h2-5H,1H3,(H,15,16). The summed E-state index contributed by atoms with van der Waals surface area (Å²) in [5.41, 5.74) is 1.95. The number of fused-ring (bicyclic) bond motifs is 1. The number of carboxylic acid groups (broad SMARTS) is 1. The first kappa shape index (κ1) is 10.5. The minimum absolute atomic E-state index is 0.124. The topological polar surface area (TPSA) is 89.4 Å². The van der Waals surface area contributed by atoms with Gasteiger partial charge in [-0.15, -0.1) is 0 Å². The van der Waals surface area contributed by atoms with Crippen molar-refractivity contribution in [2.24, 2.45) is 0 Å². The Kier molecular flexibility index (Phi) is 2.16. The Bertz CT molecular complexity index is 741. The zero-order valence-electron chi connectivity index (χ0n) is 9.38. The summed E-state index contributed by atoms with van der Waals surface area (Å²) in [7, 11) is 0. The number of hydrogen-bond donors (Lipinski definition) is 1. The van der Waals surface area contributed by atoms with Crippen LogP contribution in [0.2, 0.25) is 0 Å². The predicted octanol–water partition coefficient (Wildman–Crippen LogP) is 2.49. The van der Waals surface area contributed by atoms with E-state index in [0.29, 0.717) is 28.3 Å². The highest BCUT2D eigenvalue weighted by atomic mass is 16.5. The first-order chi connectivity index (χ1) is 8.63. The van der Waals surface area contributed by atoms with E-state index in [1.165, 1.54) is 6.07 Å². The fraction of sp³-hybridized carbons (Fsp3) is 0.0833. The van der Waals surface area contributed by atoms with E-state index < -0.39 is 5.97 Å². The SMILES string of the molecule is Cc1nc2cc(-c3cc(C(=O)O)no3)ccc2o1. The number of oxazole rings is 1. The number of nitrogens with zero attached hydrogens (tertiary/aromatic N) is 2. The third-order valence-corrected chi connectivity index (χ3v) is 2.51. The summed E-state index contributed by atoms with van der Waals surface area (Å²) >= 11 is 0. The number of aromatic carboxylic acids is 1. The van der Waals surface area contributed by atoms with Gasteiger partial charge in [0, 0.05) is 18.6 Å². The van der Waals surface area contributed by atoms with Crippen molar-refractivity contribution in [1.29, 1.82) is 0 Å². The van der Waals surface area contributed by atoms with E-state index in [1.807, 2.05) is 0 Å². The lowest BCUT2D eigenvalue weighted by molar-refractivity contribution is 0.0686. The number of aromatic nitrogens is 2. The normalized spacial score (nSPS) is 10.9. The van der Waals surface area contributed by atoms with E-state index >= 15 is 0 Å². The van der Waals surface area contributed by atoms with Gasteiger partial charge < -0.3 is 14.0 Å². The van der Waals surface area contributed by atoms with Gasteiger partial charge in [0.25, 0.3) is 0 Å². The molecule has 0 spiro atoms. The molecule has 3 rings (SSSR count). The van der Waals surface area contributed by atoms with Crippen LogP contribution in [0.4, 0.5) is 0 Å². The molecule has 2 aromatic heterocycles. The van der Waals surface area contributed by atoms with Crippen LogP contribution < -0.4 is 0 Å². The summed E-state index contributed by atoms with van der Waals surface area (Å²) in [6.45, 7) is 1.76. The van der Waals surface area contributed by atoms with Gasteiger partial charge in [0.2, 0.25) is 0 Å². The number of benzene rings is 1. The maximum Gasteiger partial charge on any atom is 0.358 e. The van der Waals surface area contributed by atoms with Crippen molar-refractivity contribution in [2.45, 2.75) is 6.92 Å². The van der Waals surface area contributed by atoms with Crippen LogP contribution in [0.25, 0.3) is 22.4 Å². The number of aryl methyl sites for hydroxylation is 1. The molecule has 0 aliphatic heterocycles. The second-order valence-electron chi connectivity index (χ2n) is 3.80.